The molecule has 3 N–H and O–H groups in total. The van der Waals surface area contributed by atoms with Gasteiger partial charge in [0.2, 0.25) is 11.8 Å². The van der Waals surface area contributed by atoms with Crippen LogP contribution in [0.2, 0.25) is 0 Å². The van der Waals surface area contributed by atoms with Crippen molar-refractivity contribution in [3.8, 4) is 0 Å². The Hall–Kier alpha value is -2.26. The average Bonchev–Trinajstić information content (AvgIpc) is 2.80. The smallest absolute Gasteiger partial charge is 0.263 e. The Labute approximate surface area is 153 Å². The van der Waals surface area contributed by atoms with E-state index in [4.69, 9.17) is 0 Å². The molecule has 1 aromatic carbocycles. The lowest BCUT2D eigenvalue weighted by Crippen LogP contribution is -2.67. The molecule has 0 aliphatic carbocycles. The molecular formula is C17H21N3O5S. The van der Waals surface area contributed by atoms with E-state index in [1.54, 1.807) is 38.2 Å². The van der Waals surface area contributed by atoms with Crippen LogP contribution in [0.5, 0.6) is 0 Å². The SMILES string of the molecule is C[C@H]([C@@H]1NC(=O)[C@@H](C[S@@](C)=O)NC1=O)[C@@]1(O)C(=O)N(C)c2ccccc21. The Bertz CT molecular complexity index is 813. The summed E-state index contributed by atoms with van der Waals surface area (Å²) in [7, 11) is 0.297. The predicted molar refractivity (Wildman–Crippen MR) is 95.7 cm³/mol. The van der Waals surface area contributed by atoms with Gasteiger partial charge >= 0.3 is 0 Å². The zero-order valence-corrected chi connectivity index (χ0v) is 15.5. The molecule has 0 aromatic heterocycles. The van der Waals surface area contributed by atoms with Crippen LogP contribution in [0.25, 0.3) is 0 Å². The van der Waals surface area contributed by atoms with Gasteiger partial charge in [-0.3, -0.25) is 18.6 Å². The van der Waals surface area contributed by atoms with Crippen LogP contribution in [0.1, 0.15) is 12.5 Å². The van der Waals surface area contributed by atoms with Crippen LogP contribution in [0.3, 0.4) is 0 Å². The van der Waals surface area contributed by atoms with Crippen molar-refractivity contribution >= 4 is 34.2 Å². The van der Waals surface area contributed by atoms with Crippen LogP contribution in [0.4, 0.5) is 5.69 Å². The zero-order valence-electron chi connectivity index (χ0n) is 14.7. The molecule has 5 atom stereocenters. The highest BCUT2D eigenvalue weighted by Crippen LogP contribution is 2.45. The number of carbonyl (C=O) groups is 3. The number of para-hydroxylation sites is 1. The number of fused-ring (bicyclic) bond motifs is 1. The van der Waals surface area contributed by atoms with Gasteiger partial charge < -0.3 is 20.6 Å². The Morgan fingerprint density at radius 3 is 2.54 bits per heavy atom. The fraction of sp³-hybridized carbons (Fsp3) is 0.471. The molecule has 0 radical (unpaired) electrons. The summed E-state index contributed by atoms with van der Waals surface area (Å²) in [5.74, 6) is -2.44. The summed E-state index contributed by atoms with van der Waals surface area (Å²) in [6.07, 6.45) is 1.45. The van der Waals surface area contributed by atoms with Gasteiger partial charge in [0.25, 0.3) is 5.91 Å². The molecule has 0 bridgehead atoms. The summed E-state index contributed by atoms with van der Waals surface area (Å²) >= 11 is 0. The largest absolute Gasteiger partial charge is 0.375 e. The van der Waals surface area contributed by atoms with E-state index < -0.39 is 52.1 Å². The van der Waals surface area contributed by atoms with Crippen molar-refractivity contribution in [2.45, 2.75) is 24.6 Å². The van der Waals surface area contributed by atoms with E-state index in [1.807, 2.05) is 0 Å². The first-order valence-electron chi connectivity index (χ1n) is 8.18. The van der Waals surface area contributed by atoms with Crippen LogP contribution in [-0.2, 0) is 30.8 Å². The molecule has 2 heterocycles. The lowest BCUT2D eigenvalue weighted by Gasteiger charge is -2.38. The second kappa shape index (κ2) is 6.48. The molecule has 8 nitrogen and oxygen atoms in total. The van der Waals surface area contributed by atoms with Crippen molar-refractivity contribution in [3.05, 3.63) is 29.8 Å². The third-order valence-electron chi connectivity index (χ3n) is 5.08. The number of hydrogen-bond donors (Lipinski definition) is 3. The fourth-order valence-electron chi connectivity index (χ4n) is 3.60. The molecule has 26 heavy (non-hydrogen) atoms. The minimum atomic E-state index is -1.93. The number of piperazine rings is 1. The summed E-state index contributed by atoms with van der Waals surface area (Å²) in [5.41, 5.74) is -0.964. The van der Waals surface area contributed by atoms with Crippen molar-refractivity contribution < 1.29 is 23.7 Å². The molecule has 0 spiro atoms. The zero-order chi connectivity index (χ0) is 19.2. The van der Waals surface area contributed by atoms with Gasteiger partial charge in [-0.2, -0.15) is 0 Å². The summed E-state index contributed by atoms with van der Waals surface area (Å²) in [6.45, 7) is 1.55. The number of hydrogen-bond acceptors (Lipinski definition) is 5. The quantitative estimate of drug-likeness (QED) is 0.611. The van der Waals surface area contributed by atoms with E-state index in [9.17, 15) is 23.7 Å². The number of aliphatic hydroxyl groups is 1. The summed E-state index contributed by atoms with van der Waals surface area (Å²) in [4.78, 5) is 38.9. The average molecular weight is 379 g/mol. The maximum Gasteiger partial charge on any atom is 0.263 e. The van der Waals surface area contributed by atoms with Gasteiger partial charge in [-0.15, -0.1) is 0 Å². The molecule has 0 unspecified atom stereocenters. The lowest BCUT2D eigenvalue weighted by atomic mass is 9.78. The van der Waals surface area contributed by atoms with Crippen LogP contribution in [0, 0.1) is 5.92 Å². The standard InChI is InChI=1S/C17H21N3O5S/c1-9(13-15(22)18-11(8-26(3)25)14(21)19-13)17(24)10-6-4-5-7-12(10)20(2)16(17)23/h4-7,9,11,13,24H,8H2,1-3H3,(H,18,22)(H,19,21)/t9-,11-,13+,17+,26-/m1/s1. The number of nitrogens with zero attached hydrogens (tertiary/aromatic N) is 1. The van der Waals surface area contributed by atoms with Crippen molar-refractivity contribution in [1.29, 1.82) is 0 Å². The Kier molecular flexibility index (Phi) is 4.61. The van der Waals surface area contributed by atoms with Gasteiger partial charge in [-0.1, -0.05) is 25.1 Å². The molecule has 2 aliphatic heterocycles. The molecule has 3 amide bonds. The molecule has 3 rings (SSSR count). The highest BCUT2D eigenvalue weighted by molar-refractivity contribution is 7.84. The van der Waals surface area contributed by atoms with E-state index in [2.05, 4.69) is 10.6 Å². The third kappa shape index (κ3) is 2.71. The van der Waals surface area contributed by atoms with Crippen molar-refractivity contribution in [2.75, 3.05) is 24.0 Å². The van der Waals surface area contributed by atoms with Crippen LogP contribution in [-0.4, -0.2) is 58.2 Å². The normalized spacial score (nSPS) is 30.5. The van der Waals surface area contributed by atoms with Gasteiger partial charge in [0.1, 0.15) is 12.1 Å². The minimum Gasteiger partial charge on any atom is -0.375 e. The molecule has 1 saturated heterocycles. The van der Waals surface area contributed by atoms with Crippen LogP contribution >= 0.6 is 0 Å². The monoisotopic (exact) mass is 379 g/mol. The number of nitrogens with one attached hydrogen (secondary N) is 2. The second-order valence-electron chi connectivity index (χ2n) is 6.72. The van der Waals surface area contributed by atoms with Gasteiger partial charge in [0, 0.05) is 35.6 Å². The molecule has 0 saturated carbocycles. The molecule has 1 fully saturated rings. The minimum absolute atomic E-state index is 0.00738. The molecule has 140 valence electrons. The maximum absolute atomic E-state index is 12.8. The van der Waals surface area contributed by atoms with E-state index >= 15 is 0 Å². The van der Waals surface area contributed by atoms with E-state index in [-0.39, 0.29) is 5.75 Å². The van der Waals surface area contributed by atoms with Gasteiger partial charge in [0.15, 0.2) is 5.60 Å². The third-order valence-corrected chi connectivity index (χ3v) is 5.88. The highest BCUT2D eigenvalue weighted by Gasteiger charge is 2.56. The fourth-order valence-corrected chi connectivity index (χ4v) is 4.30. The molecular weight excluding hydrogens is 358 g/mol. The Morgan fingerprint density at radius 1 is 1.23 bits per heavy atom. The van der Waals surface area contributed by atoms with Gasteiger partial charge in [-0.25, -0.2) is 0 Å². The Morgan fingerprint density at radius 2 is 1.88 bits per heavy atom. The summed E-state index contributed by atoms with van der Waals surface area (Å²) in [6, 6.07) is 4.83. The number of likely N-dealkylation sites (N-methyl/N-ethyl adjacent to an activating group) is 1. The number of amides is 3. The maximum atomic E-state index is 12.8. The van der Waals surface area contributed by atoms with Crippen LogP contribution in [0.15, 0.2) is 24.3 Å². The number of benzene rings is 1. The first-order chi connectivity index (χ1) is 12.2. The van der Waals surface area contributed by atoms with Crippen molar-refractivity contribution in [3.63, 3.8) is 0 Å². The number of rotatable bonds is 4. The number of anilines is 1. The molecule has 1 aromatic rings. The topological polar surface area (TPSA) is 116 Å². The number of carbonyl (C=O) groups excluding carboxylic acids is 3. The summed E-state index contributed by atoms with van der Waals surface area (Å²) < 4.78 is 11.3. The Balaban J connectivity index is 1.91. The first-order valence-corrected chi connectivity index (χ1v) is 9.91. The van der Waals surface area contributed by atoms with E-state index in [1.165, 1.54) is 11.2 Å². The van der Waals surface area contributed by atoms with E-state index in [0.717, 1.165) is 0 Å². The second-order valence-corrected chi connectivity index (χ2v) is 8.20. The lowest BCUT2D eigenvalue weighted by molar-refractivity contribution is -0.149. The van der Waals surface area contributed by atoms with Crippen LogP contribution < -0.4 is 15.5 Å². The summed E-state index contributed by atoms with van der Waals surface area (Å²) in [5, 5.41) is 16.4. The van der Waals surface area contributed by atoms with Crippen molar-refractivity contribution in [2.24, 2.45) is 5.92 Å². The van der Waals surface area contributed by atoms with Crippen molar-refractivity contribution in [1.82, 2.24) is 10.6 Å². The van der Waals surface area contributed by atoms with Gasteiger partial charge in [-0.05, 0) is 6.07 Å². The van der Waals surface area contributed by atoms with Gasteiger partial charge in [0.05, 0.1) is 11.4 Å². The molecule has 2 aliphatic rings. The van der Waals surface area contributed by atoms with E-state index in [0.29, 0.717) is 11.3 Å². The highest BCUT2D eigenvalue weighted by atomic mass is 32.2. The predicted octanol–water partition coefficient (Wildman–Crippen LogP) is -1.15. The first kappa shape index (κ1) is 18.5. The molecule has 9 heteroatoms.